The lowest BCUT2D eigenvalue weighted by Gasteiger charge is -2.05. The van der Waals surface area contributed by atoms with Gasteiger partial charge in [0.1, 0.15) is 5.82 Å². The summed E-state index contributed by atoms with van der Waals surface area (Å²) in [6.07, 6.45) is 1.35. The average Bonchev–Trinajstić information content (AvgIpc) is 2.83. The standard InChI is InChI=1S/C16H18N4O2/c1-3-22-16(21)13(10-17)11-18-8-9-20-12(2)19-14-6-4-5-7-15(14)20/h4-7,11,13H,3,8-9H2,1-2H3/t13-/m0/s1. The number of aryl methyl sites for hydroxylation is 1. The summed E-state index contributed by atoms with van der Waals surface area (Å²) >= 11 is 0. The maximum Gasteiger partial charge on any atom is 0.328 e. The number of ether oxygens (including phenoxy) is 1. The average molecular weight is 298 g/mol. The molecule has 0 radical (unpaired) electrons. The molecule has 1 heterocycles. The Labute approximate surface area is 129 Å². The summed E-state index contributed by atoms with van der Waals surface area (Å²) < 4.78 is 6.87. The van der Waals surface area contributed by atoms with Gasteiger partial charge in [0.15, 0.2) is 5.92 Å². The number of nitrogens with zero attached hydrogens (tertiary/aromatic N) is 4. The summed E-state index contributed by atoms with van der Waals surface area (Å²) in [6, 6.07) is 9.78. The zero-order chi connectivity index (χ0) is 15.9. The molecular weight excluding hydrogens is 280 g/mol. The van der Waals surface area contributed by atoms with Crippen LogP contribution in [0.4, 0.5) is 0 Å². The quantitative estimate of drug-likeness (QED) is 0.604. The number of hydrogen-bond acceptors (Lipinski definition) is 5. The third-order valence-electron chi connectivity index (χ3n) is 3.23. The van der Waals surface area contributed by atoms with Crippen LogP contribution in [-0.2, 0) is 16.1 Å². The molecule has 0 aliphatic carbocycles. The number of hydrogen-bond donors (Lipinski definition) is 0. The molecule has 0 saturated carbocycles. The minimum absolute atomic E-state index is 0.255. The lowest BCUT2D eigenvalue weighted by Crippen LogP contribution is -2.17. The van der Waals surface area contributed by atoms with Crippen LogP contribution in [0.3, 0.4) is 0 Å². The van der Waals surface area contributed by atoms with E-state index in [-0.39, 0.29) is 6.61 Å². The molecule has 2 aromatic rings. The highest BCUT2D eigenvalue weighted by molar-refractivity contribution is 5.92. The van der Waals surface area contributed by atoms with Gasteiger partial charge in [-0.25, -0.2) is 4.98 Å². The maximum absolute atomic E-state index is 11.5. The molecule has 0 saturated heterocycles. The molecule has 22 heavy (non-hydrogen) atoms. The van der Waals surface area contributed by atoms with E-state index >= 15 is 0 Å². The van der Waals surface area contributed by atoms with Crippen molar-refractivity contribution in [2.75, 3.05) is 13.2 Å². The van der Waals surface area contributed by atoms with E-state index in [9.17, 15) is 4.79 Å². The number of rotatable bonds is 6. The van der Waals surface area contributed by atoms with E-state index in [4.69, 9.17) is 10.00 Å². The van der Waals surface area contributed by atoms with Gasteiger partial charge < -0.3 is 9.30 Å². The first-order valence-corrected chi connectivity index (χ1v) is 7.15. The van der Waals surface area contributed by atoms with E-state index in [2.05, 4.69) is 14.5 Å². The normalized spacial score (nSPS) is 12.4. The molecule has 0 amide bonds. The minimum Gasteiger partial charge on any atom is -0.465 e. The fourth-order valence-electron chi connectivity index (χ4n) is 2.19. The molecular formula is C16H18N4O2. The Balaban J connectivity index is 2.00. The molecule has 6 nitrogen and oxygen atoms in total. The summed E-state index contributed by atoms with van der Waals surface area (Å²) in [5.41, 5.74) is 2.00. The van der Waals surface area contributed by atoms with Gasteiger partial charge in [-0.3, -0.25) is 9.79 Å². The predicted molar refractivity (Wildman–Crippen MR) is 83.6 cm³/mol. The molecule has 1 aromatic heterocycles. The molecule has 0 spiro atoms. The van der Waals surface area contributed by atoms with Crippen LogP contribution in [0.2, 0.25) is 0 Å². The van der Waals surface area contributed by atoms with E-state index in [1.54, 1.807) is 6.92 Å². The Kier molecular flexibility index (Phi) is 5.26. The number of carbonyl (C=O) groups is 1. The van der Waals surface area contributed by atoms with Crippen LogP contribution in [0.1, 0.15) is 12.7 Å². The van der Waals surface area contributed by atoms with E-state index in [1.807, 2.05) is 37.3 Å². The van der Waals surface area contributed by atoms with Gasteiger partial charge >= 0.3 is 5.97 Å². The number of para-hydroxylation sites is 2. The first-order chi connectivity index (χ1) is 10.7. The van der Waals surface area contributed by atoms with Crippen LogP contribution in [0.25, 0.3) is 11.0 Å². The van der Waals surface area contributed by atoms with Gasteiger partial charge in [0, 0.05) is 12.8 Å². The number of aromatic nitrogens is 2. The van der Waals surface area contributed by atoms with Gasteiger partial charge in [0.25, 0.3) is 0 Å². The first kappa shape index (κ1) is 15.7. The maximum atomic E-state index is 11.5. The number of benzene rings is 1. The first-order valence-electron chi connectivity index (χ1n) is 7.15. The van der Waals surface area contributed by atoms with Crippen molar-refractivity contribution in [1.29, 1.82) is 5.26 Å². The number of imidazole rings is 1. The molecule has 0 bridgehead atoms. The highest BCUT2D eigenvalue weighted by Crippen LogP contribution is 2.14. The van der Waals surface area contributed by atoms with Crippen LogP contribution in [0, 0.1) is 24.2 Å². The zero-order valence-electron chi connectivity index (χ0n) is 12.7. The van der Waals surface area contributed by atoms with Crippen LogP contribution >= 0.6 is 0 Å². The number of aliphatic imine (C=N–C) groups is 1. The van der Waals surface area contributed by atoms with Crippen LogP contribution in [0.15, 0.2) is 29.3 Å². The molecule has 0 fully saturated rings. The van der Waals surface area contributed by atoms with Crippen molar-refractivity contribution in [1.82, 2.24) is 9.55 Å². The van der Waals surface area contributed by atoms with Crippen molar-refractivity contribution < 1.29 is 9.53 Å². The van der Waals surface area contributed by atoms with Gasteiger partial charge in [0.05, 0.1) is 30.3 Å². The summed E-state index contributed by atoms with van der Waals surface area (Å²) in [7, 11) is 0. The number of esters is 1. The molecule has 1 aromatic carbocycles. The molecule has 1 atom stereocenters. The molecule has 6 heteroatoms. The molecule has 0 N–H and O–H groups in total. The Hall–Kier alpha value is -2.68. The molecule has 2 rings (SSSR count). The highest BCUT2D eigenvalue weighted by Gasteiger charge is 2.16. The molecule has 0 aliphatic heterocycles. The Morgan fingerprint density at radius 2 is 2.32 bits per heavy atom. The topological polar surface area (TPSA) is 80.3 Å². The fraction of sp³-hybridized carbons (Fsp3) is 0.375. The van der Waals surface area contributed by atoms with Crippen molar-refractivity contribution >= 4 is 23.2 Å². The zero-order valence-corrected chi connectivity index (χ0v) is 12.7. The van der Waals surface area contributed by atoms with Crippen LogP contribution in [-0.4, -0.2) is 34.9 Å². The van der Waals surface area contributed by atoms with Gasteiger partial charge in [-0.15, -0.1) is 0 Å². The molecule has 0 unspecified atom stereocenters. The van der Waals surface area contributed by atoms with Crippen molar-refractivity contribution in [2.45, 2.75) is 20.4 Å². The van der Waals surface area contributed by atoms with Crippen molar-refractivity contribution in [3.8, 4) is 6.07 Å². The Morgan fingerprint density at radius 3 is 3.05 bits per heavy atom. The third kappa shape index (κ3) is 3.50. The van der Waals surface area contributed by atoms with Crippen LogP contribution < -0.4 is 0 Å². The summed E-state index contributed by atoms with van der Waals surface area (Å²) in [5.74, 6) is -0.586. The van der Waals surface area contributed by atoms with E-state index in [0.717, 1.165) is 16.9 Å². The highest BCUT2D eigenvalue weighted by atomic mass is 16.5. The SMILES string of the molecule is CCOC(=O)[C@@H](C#N)C=NCCn1c(C)nc2ccccc21. The summed E-state index contributed by atoms with van der Waals surface area (Å²) in [6.45, 7) is 5.02. The molecule has 114 valence electrons. The van der Waals surface area contributed by atoms with E-state index in [0.29, 0.717) is 13.1 Å². The summed E-state index contributed by atoms with van der Waals surface area (Å²) in [5, 5.41) is 8.93. The second-order valence-corrected chi connectivity index (χ2v) is 4.71. The smallest absolute Gasteiger partial charge is 0.328 e. The number of nitriles is 1. The van der Waals surface area contributed by atoms with Crippen molar-refractivity contribution in [3.05, 3.63) is 30.1 Å². The third-order valence-corrected chi connectivity index (χ3v) is 3.23. The number of carbonyl (C=O) groups excluding carboxylic acids is 1. The van der Waals surface area contributed by atoms with Crippen molar-refractivity contribution in [2.24, 2.45) is 10.9 Å². The van der Waals surface area contributed by atoms with Crippen molar-refractivity contribution in [3.63, 3.8) is 0 Å². The minimum atomic E-state index is -0.944. The monoisotopic (exact) mass is 298 g/mol. The van der Waals surface area contributed by atoms with E-state index < -0.39 is 11.9 Å². The van der Waals surface area contributed by atoms with Gasteiger partial charge in [0.2, 0.25) is 0 Å². The lowest BCUT2D eigenvalue weighted by atomic mass is 10.2. The van der Waals surface area contributed by atoms with E-state index in [1.165, 1.54) is 6.21 Å². The lowest BCUT2D eigenvalue weighted by molar-refractivity contribution is -0.143. The number of fused-ring (bicyclic) bond motifs is 1. The van der Waals surface area contributed by atoms with Gasteiger partial charge in [-0.05, 0) is 26.0 Å². The second-order valence-electron chi connectivity index (χ2n) is 4.71. The van der Waals surface area contributed by atoms with Gasteiger partial charge in [-0.2, -0.15) is 5.26 Å². The van der Waals surface area contributed by atoms with Gasteiger partial charge in [-0.1, -0.05) is 12.1 Å². The summed E-state index contributed by atoms with van der Waals surface area (Å²) in [4.78, 5) is 20.1. The fourth-order valence-corrected chi connectivity index (χ4v) is 2.19. The Morgan fingerprint density at radius 1 is 1.55 bits per heavy atom. The molecule has 0 aliphatic rings. The predicted octanol–water partition coefficient (Wildman–Crippen LogP) is 2.12. The second kappa shape index (κ2) is 7.36. The Bertz CT molecular complexity index is 727. The largest absolute Gasteiger partial charge is 0.465 e. The van der Waals surface area contributed by atoms with Crippen LogP contribution in [0.5, 0.6) is 0 Å².